The monoisotopic (exact) mass is 418 g/mol. The molecule has 2 aromatic carbocycles. The number of benzene rings is 2. The number of carbonyl (C=O) groups is 1. The Morgan fingerprint density at radius 2 is 1.94 bits per heavy atom. The molecule has 31 heavy (non-hydrogen) atoms. The number of aryl methyl sites for hydroxylation is 2. The second kappa shape index (κ2) is 8.83. The number of carboxylic acid groups (broad SMARTS) is 1. The number of oxazole rings is 1. The van der Waals surface area contributed by atoms with Crippen LogP contribution in [-0.4, -0.2) is 37.7 Å². The zero-order valence-corrected chi connectivity index (χ0v) is 17.3. The summed E-state index contributed by atoms with van der Waals surface area (Å²) in [6.45, 7) is 4.17. The summed E-state index contributed by atoms with van der Waals surface area (Å²) >= 11 is 0. The van der Waals surface area contributed by atoms with Crippen LogP contribution in [0.3, 0.4) is 0 Å². The molecule has 1 N–H and O–H groups in total. The first-order valence-electron chi connectivity index (χ1n) is 9.89. The number of rotatable bonds is 8. The third-order valence-corrected chi connectivity index (χ3v) is 4.84. The van der Waals surface area contributed by atoms with E-state index in [1.54, 1.807) is 4.68 Å². The van der Waals surface area contributed by atoms with Crippen molar-refractivity contribution in [3.8, 4) is 11.4 Å². The first-order valence-corrected chi connectivity index (χ1v) is 9.89. The zero-order valence-electron chi connectivity index (χ0n) is 17.3. The average Bonchev–Trinajstić information content (AvgIpc) is 3.31. The van der Waals surface area contributed by atoms with Crippen molar-refractivity contribution in [3.63, 3.8) is 0 Å². The lowest BCUT2D eigenvalue weighted by atomic mass is 10.1. The molecule has 8 nitrogen and oxygen atoms in total. The van der Waals surface area contributed by atoms with E-state index in [2.05, 4.69) is 15.3 Å². The Morgan fingerprint density at radius 1 is 1.13 bits per heavy atom. The van der Waals surface area contributed by atoms with Gasteiger partial charge in [-0.05, 0) is 36.8 Å². The fraction of sp³-hybridized carbons (Fsp3) is 0.217. The summed E-state index contributed by atoms with van der Waals surface area (Å²) in [5.41, 5.74) is 2.98. The van der Waals surface area contributed by atoms with Gasteiger partial charge >= 0.3 is 5.97 Å². The van der Waals surface area contributed by atoms with Crippen LogP contribution in [0, 0.1) is 13.8 Å². The number of hydrogen-bond donors (Lipinski definition) is 1. The van der Waals surface area contributed by atoms with Gasteiger partial charge in [0.25, 0.3) is 0 Å². The van der Waals surface area contributed by atoms with Gasteiger partial charge in [0.05, 0.1) is 23.7 Å². The summed E-state index contributed by atoms with van der Waals surface area (Å²) in [7, 11) is 0. The molecule has 0 aliphatic carbocycles. The molecular formula is C23H22N4O4. The molecule has 0 amide bonds. The van der Waals surface area contributed by atoms with Gasteiger partial charge in [0.2, 0.25) is 0 Å². The highest BCUT2D eigenvalue weighted by molar-refractivity contribution is 5.86. The average molecular weight is 418 g/mol. The van der Waals surface area contributed by atoms with Gasteiger partial charge in [-0.25, -0.2) is 14.5 Å². The molecule has 0 aliphatic rings. The summed E-state index contributed by atoms with van der Waals surface area (Å²) in [6, 6.07) is 16.9. The third-order valence-electron chi connectivity index (χ3n) is 4.84. The molecule has 0 spiro atoms. The van der Waals surface area contributed by atoms with Crippen LogP contribution in [0.5, 0.6) is 5.75 Å². The third kappa shape index (κ3) is 4.63. The highest BCUT2D eigenvalue weighted by atomic mass is 16.5. The van der Waals surface area contributed by atoms with E-state index in [9.17, 15) is 9.90 Å². The van der Waals surface area contributed by atoms with Crippen molar-refractivity contribution in [2.45, 2.75) is 26.7 Å². The van der Waals surface area contributed by atoms with Gasteiger partial charge in [0.15, 0.2) is 11.6 Å². The van der Waals surface area contributed by atoms with E-state index in [0.717, 1.165) is 22.7 Å². The van der Waals surface area contributed by atoms with Crippen molar-refractivity contribution in [1.82, 2.24) is 20.0 Å². The molecule has 0 saturated heterocycles. The summed E-state index contributed by atoms with van der Waals surface area (Å²) in [5.74, 6) is 1.04. The Balaban J connectivity index is 1.52. The fourth-order valence-corrected chi connectivity index (χ4v) is 3.41. The van der Waals surface area contributed by atoms with E-state index in [1.807, 2.05) is 68.4 Å². The maximum absolute atomic E-state index is 11.7. The number of ether oxygens (including phenoxy) is 1. The minimum atomic E-state index is -1.11. The normalized spacial score (nSPS) is 10.9. The number of para-hydroxylation sites is 1. The Bertz CT molecular complexity index is 1200. The summed E-state index contributed by atoms with van der Waals surface area (Å²) in [6.07, 6.45) is 0.990. The quantitative estimate of drug-likeness (QED) is 0.464. The minimum absolute atomic E-state index is 0.0629. The maximum Gasteiger partial charge on any atom is 0.358 e. The highest BCUT2D eigenvalue weighted by Gasteiger charge is 2.20. The van der Waals surface area contributed by atoms with Gasteiger partial charge in [0, 0.05) is 19.8 Å². The standard InChI is InChI=1S/C23H22N4O4/c1-15-20(24-16(2)31-15)11-12-30-19-10-6-7-17(13-19)14-21-22(23(28)29)25-26-27(21)18-8-4-3-5-9-18/h3-10,13H,11-12,14H2,1-2H3,(H,28,29). The lowest BCUT2D eigenvalue weighted by Crippen LogP contribution is -2.08. The Hall–Kier alpha value is -3.94. The van der Waals surface area contributed by atoms with E-state index in [4.69, 9.17) is 9.15 Å². The predicted molar refractivity (Wildman–Crippen MR) is 113 cm³/mol. The molecule has 4 aromatic rings. The first kappa shape index (κ1) is 20.3. The van der Waals surface area contributed by atoms with Gasteiger partial charge in [-0.15, -0.1) is 5.10 Å². The maximum atomic E-state index is 11.7. The molecule has 4 rings (SSSR count). The second-order valence-electron chi connectivity index (χ2n) is 7.10. The van der Waals surface area contributed by atoms with Crippen LogP contribution in [0.15, 0.2) is 59.0 Å². The number of carboxylic acids is 1. The van der Waals surface area contributed by atoms with Crippen LogP contribution in [0.2, 0.25) is 0 Å². The van der Waals surface area contributed by atoms with Gasteiger partial charge in [-0.3, -0.25) is 0 Å². The lowest BCUT2D eigenvalue weighted by molar-refractivity contribution is 0.0689. The molecule has 0 radical (unpaired) electrons. The van der Waals surface area contributed by atoms with Crippen LogP contribution in [0.25, 0.3) is 5.69 Å². The van der Waals surface area contributed by atoms with Crippen molar-refractivity contribution in [2.75, 3.05) is 6.61 Å². The number of aromatic nitrogens is 4. The second-order valence-corrected chi connectivity index (χ2v) is 7.10. The van der Waals surface area contributed by atoms with Crippen molar-refractivity contribution in [1.29, 1.82) is 0 Å². The molecule has 0 saturated carbocycles. The molecule has 0 bridgehead atoms. The smallest absolute Gasteiger partial charge is 0.358 e. The van der Waals surface area contributed by atoms with Gasteiger partial charge < -0.3 is 14.3 Å². The van der Waals surface area contributed by atoms with E-state index in [1.165, 1.54) is 0 Å². The van der Waals surface area contributed by atoms with Gasteiger partial charge in [-0.1, -0.05) is 35.5 Å². The predicted octanol–water partition coefficient (Wildman–Crippen LogP) is 3.78. The summed E-state index contributed by atoms with van der Waals surface area (Å²) in [5, 5.41) is 17.5. The number of hydrogen-bond acceptors (Lipinski definition) is 6. The lowest BCUT2D eigenvalue weighted by Gasteiger charge is -2.10. The summed E-state index contributed by atoms with van der Waals surface area (Å²) < 4.78 is 12.9. The van der Waals surface area contributed by atoms with Gasteiger partial charge in [0.1, 0.15) is 11.5 Å². The number of nitrogens with zero attached hydrogens (tertiary/aromatic N) is 4. The molecular weight excluding hydrogens is 396 g/mol. The Labute approximate surface area is 179 Å². The zero-order chi connectivity index (χ0) is 21.8. The molecule has 2 aromatic heterocycles. The molecule has 0 fully saturated rings. The fourth-order valence-electron chi connectivity index (χ4n) is 3.41. The number of aromatic carboxylic acids is 1. The van der Waals surface area contributed by atoms with E-state index >= 15 is 0 Å². The SMILES string of the molecule is Cc1nc(CCOc2cccc(Cc3c(C(=O)O)nnn3-c3ccccc3)c2)c(C)o1. The van der Waals surface area contributed by atoms with Crippen LogP contribution < -0.4 is 4.74 Å². The van der Waals surface area contributed by atoms with Crippen LogP contribution in [0.1, 0.15) is 39.1 Å². The van der Waals surface area contributed by atoms with Crippen LogP contribution in [-0.2, 0) is 12.8 Å². The highest BCUT2D eigenvalue weighted by Crippen LogP contribution is 2.21. The van der Waals surface area contributed by atoms with E-state index in [-0.39, 0.29) is 5.69 Å². The van der Waals surface area contributed by atoms with E-state index in [0.29, 0.717) is 36.8 Å². The van der Waals surface area contributed by atoms with Gasteiger partial charge in [-0.2, -0.15) is 0 Å². The van der Waals surface area contributed by atoms with Crippen molar-refractivity contribution in [3.05, 3.63) is 88.9 Å². The van der Waals surface area contributed by atoms with Crippen LogP contribution >= 0.6 is 0 Å². The topological polar surface area (TPSA) is 103 Å². The largest absolute Gasteiger partial charge is 0.493 e. The molecule has 0 unspecified atom stereocenters. The summed E-state index contributed by atoms with van der Waals surface area (Å²) in [4.78, 5) is 16.0. The molecule has 8 heteroatoms. The van der Waals surface area contributed by atoms with Crippen molar-refractivity contribution < 1.29 is 19.1 Å². The molecule has 0 aliphatic heterocycles. The molecule has 0 atom stereocenters. The van der Waals surface area contributed by atoms with Crippen molar-refractivity contribution in [2.24, 2.45) is 0 Å². The van der Waals surface area contributed by atoms with E-state index < -0.39 is 5.97 Å². The minimum Gasteiger partial charge on any atom is -0.493 e. The Kier molecular flexibility index (Phi) is 5.79. The Morgan fingerprint density at radius 3 is 2.65 bits per heavy atom. The molecule has 2 heterocycles. The van der Waals surface area contributed by atoms with Crippen molar-refractivity contribution >= 4 is 5.97 Å². The first-order chi connectivity index (χ1) is 15.0. The molecule has 158 valence electrons. The van der Waals surface area contributed by atoms with Crippen LogP contribution in [0.4, 0.5) is 0 Å².